The molecule has 1 nitrogen and oxygen atoms in total. The molecule has 0 aromatic carbocycles. The van der Waals surface area contributed by atoms with Gasteiger partial charge in [-0.1, -0.05) is 19.6 Å². The zero-order chi connectivity index (χ0) is 6.69. The minimum Gasteiger partial charge on any atom is -0.468 e. The molecular weight excluding hydrogens is 132 g/mol. The van der Waals surface area contributed by atoms with Gasteiger partial charge in [-0.3, -0.25) is 0 Å². The van der Waals surface area contributed by atoms with Gasteiger partial charge in [-0.15, -0.1) is 0 Å². The molecule has 0 saturated carbocycles. The van der Waals surface area contributed by atoms with Crippen LogP contribution in [0, 0.1) is 0 Å². The Kier molecular flexibility index (Phi) is 2.22. The number of rotatable bonds is 2. The van der Waals surface area contributed by atoms with E-state index in [0.717, 1.165) is 12.2 Å². The van der Waals surface area contributed by atoms with Crippen molar-refractivity contribution in [1.29, 1.82) is 0 Å². The molecule has 1 atom stereocenters. The Hall–Kier alpha value is -0.370. The maximum absolute atomic E-state index is 5.08. The van der Waals surface area contributed by atoms with Gasteiger partial charge < -0.3 is 4.42 Å². The second kappa shape index (κ2) is 2.97. The van der Waals surface area contributed by atoms with Gasteiger partial charge in [0.05, 0.1) is 11.5 Å². The first kappa shape index (κ1) is 6.75. The number of hydrogen-bond donors (Lipinski definition) is 0. The van der Waals surface area contributed by atoms with E-state index in [1.54, 1.807) is 6.26 Å². The van der Waals surface area contributed by atoms with Crippen molar-refractivity contribution in [2.45, 2.75) is 18.6 Å². The maximum Gasteiger partial charge on any atom is 0.117 e. The Labute approximate surface area is 60.5 Å². The van der Waals surface area contributed by atoms with Gasteiger partial charge in [0.2, 0.25) is 0 Å². The van der Waals surface area contributed by atoms with Gasteiger partial charge in [-0.2, -0.15) is 0 Å². The Bertz CT molecular complexity index is 157. The molecule has 0 fully saturated rings. The minimum atomic E-state index is 0.153. The lowest BCUT2D eigenvalue weighted by Crippen LogP contribution is -1.82. The summed E-state index contributed by atoms with van der Waals surface area (Å²) in [5.41, 5.74) is 0. The summed E-state index contributed by atoms with van der Waals surface area (Å²) in [4.78, 5) is 0. The van der Waals surface area contributed by atoms with Gasteiger partial charge in [0, 0.05) is 0 Å². The molecule has 1 aromatic rings. The van der Waals surface area contributed by atoms with Gasteiger partial charge in [0.15, 0.2) is 0 Å². The van der Waals surface area contributed by atoms with Crippen LogP contribution in [-0.4, -0.2) is 0 Å². The molecule has 2 heteroatoms. The summed E-state index contributed by atoms with van der Waals surface area (Å²) in [5.74, 6) is 0.910. The van der Waals surface area contributed by atoms with E-state index in [0.29, 0.717) is 0 Å². The van der Waals surface area contributed by atoms with Crippen LogP contribution in [0.2, 0.25) is 0 Å². The standard InChI is InChI=1S/C7H9OS/c1-2-7(9)6-4-3-5-8-6/h3-5,7H,2H2,1H3. The highest BCUT2D eigenvalue weighted by molar-refractivity contribution is 7.80. The van der Waals surface area contributed by atoms with Crippen LogP contribution in [0.15, 0.2) is 22.8 Å². The average Bonchev–Trinajstić information content (AvgIpc) is 2.37. The molecule has 0 aliphatic carbocycles. The lowest BCUT2D eigenvalue weighted by molar-refractivity contribution is 0.503. The fourth-order valence-corrected chi connectivity index (χ4v) is 0.810. The van der Waals surface area contributed by atoms with Crippen LogP contribution in [0.3, 0.4) is 0 Å². The largest absolute Gasteiger partial charge is 0.468 e. The fourth-order valence-electron chi connectivity index (χ4n) is 0.676. The lowest BCUT2D eigenvalue weighted by atomic mass is 10.3. The van der Waals surface area contributed by atoms with Crippen LogP contribution in [0.4, 0.5) is 0 Å². The van der Waals surface area contributed by atoms with Gasteiger partial charge >= 0.3 is 0 Å². The topological polar surface area (TPSA) is 13.1 Å². The van der Waals surface area contributed by atoms with Crippen molar-refractivity contribution in [2.24, 2.45) is 0 Å². The molecule has 0 bridgehead atoms. The summed E-state index contributed by atoms with van der Waals surface area (Å²) in [6.45, 7) is 2.06. The van der Waals surface area contributed by atoms with Crippen molar-refractivity contribution >= 4 is 12.6 Å². The normalized spacial score (nSPS) is 13.6. The summed E-state index contributed by atoms with van der Waals surface area (Å²) < 4.78 is 5.08. The lowest BCUT2D eigenvalue weighted by Gasteiger charge is -1.99. The first-order chi connectivity index (χ1) is 4.34. The molecule has 49 valence electrons. The molecule has 1 aromatic heterocycles. The minimum absolute atomic E-state index is 0.153. The third-order valence-electron chi connectivity index (χ3n) is 1.23. The third-order valence-corrected chi connectivity index (χ3v) is 1.80. The molecule has 0 saturated heterocycles. The predicted molar refractivity (Wildman–Crippen MR) is 39.3 cm³/mol. The molecule has 9 heavy (non-hydrogen) atoms. The van der Waals surface area contributed by atoms with Crippen LogP contribution in [-0.2, 0) is 0 Å². The smallest absolute Gasteiger partial charge is 0.117 e. The zero-order valence-electron chi connectivity index (χ0n) is 5.33. The first-order valence-electron chi connectivity index (χ1n) is 3.03. The molecule has 0 spiro atoms. The van der Waals surface area contributed by atoms with Gasteiger partial charge in [-0.05, 0) is 18.6 Å². The van der Waals surface area contributed by atoms with E-state index in [4.69, 9.17) is 17.0 Å². The molecule has 1 radical (unpaired) electrons. The number of furan rings is 1. The Morgan fingerprint density at radius 2 is 2.56 bits per heavy atom. The van der Waals surface area contributed by atoms with E-state index in [-0.39, 0.29) is 5.25 Å². The second-order valence-corrected chi connectivity index (χ2v) is 2.48. The van der Waals surface area contributed by atoms with Crippen molar-refractivity contribution in [3.63, 3.8) is 0 Å². The van der Waals surface area contributed by atoms with E-state index >= 15 is 0 Å². The van der Waals surface area contributed by atoms with Crippen molar-refractivity contribution in [2.75, 3.05) is 0 Å². The molecule has 0 aliphatic heterocycles. The summed E-state index contributed by atoms with van der Waals surface area (Å²) in [5, 5.41) is 0.153. The van der Waals surface area contributed by atoms with Crippen LogP contribution < -0.4 is 0 Å². The highest BCUT2D eigenvalue weighted by Crippen LogP contribution is 2.22. The molecule has 0 aliphatic rings. The average molecular weight is 141 g/mol. The first-order valence-corrected chi connectivity index (χ1v) is 3.51. The van der Waals surface area contributed by atoms with Crippen LogP contribution in [0.5, 0.6) is 0 Å². The molecule has 0 N–H and O–H groups in total. The highest BCUT2D eigenvalue weighted by Gasteiger charge is 2.05. The summed E-state index contributed by atoms with van der Waals surface area (Å²) in [6, 6.07) is 3.78. The van der Waals surface area contributed by atoms with Gasteiger partial charge in [0.25, 0.3) is 0 Å². The van der Waals surface area contributed by atoms with Crippen molar-refractivity contribution in [3.8, 4) is 0 Å². The van der Waals surface area contributed by atoms with Gasteiger partial charge in [0.1, 0.15) is 5.76 Å². The van der Waals surface area contributed by atoms with Crippen LogP contribution in [0.25, 0.3) is 0 Å². The van der Waals surface area contributed by atoms with E-state index in [9.17, 15) is 0 Å². The van der Waals surface area contributed by atoms with Crippen molar-refractivity contribution < 1.29 is 4.42 Å². The highest BCUT2D eigenvalue weighted by atomic mass is 32.1. The molecule has 1 heterocycles. The summed E-state index contributed by atoms with van der Waals surface area (Å²) in [7, 11) is 0. The van der Waals surface area contributed by atoms with Crippen LogP contribution in [0.1, 0.15) is 24.4 Å². The monoisotopic (exact) mass is 141 g/mol. The van der Waals surface area contributed by atoms with Crippen molar-refractivity contribution in [1.82, 2.24) is 0 Å². The molecule has 0 amide bonds. The van der Waals surface area contributed by atoms with E-state index in [1.165, 1.54) is 0 Å². The predicted octanol–water partition coefficient (Wildman–Crippen LogP) is 2.93. The van der Waals surface area contributed by atoms with E-state index < -0.39 is 0 Å². The van der Waals surface area contributed by atoms with Gasteiger partial charge in [-0.25, -0.2) is 0 Å². The molecule has 1 rings (SSSR count). The van der Waals surface area contributed by atoms with Crippen LogP contribution >= 0.6 is 12.6 Å². The SMILES string of the molecule is CCC([S])c1ccco1. The summed E-state index contributed by atoms with van der Waals surface area (Å²) in [6.07, 6.45) is 2.62. The van der Waals surface area contributed by atoms with E-state index in [2.05, 4.69) is 6.92 Å². The Balaban J connectivity index is 2.65. The third kappa shape index (κ3) is 1.52. The molecular formula is C7H9OS. The van der Waals surface area contributed by atoms with Crippen molar-refractivity contribution in [3.05, 3.63) is 24.2 Å². The Morgan fingerprint density at radius 1 is 1.78 bits per heavy atom. The summed E-state index contributed by atoms with van der Waals surface area (Å²) >= 11 is 5.07. The second-order valence-electron chi connectivity index (χ2n) is 1.91. The Morgan fingerprint density at radius 3 is 3.00 bits per heavy atom. The fraction of sp³-hybridized carbons (Fsp3) is 0.429. The maximum atomic E-state index is 5.08. The quantitative estimate of drug-likeness (QED) is 0.617. The van der Waals surface area contributed by atoms with E-state index in [1.807, 2.05) is 12.1 Å². The number of hydrogen-bond acceptors (Lipinski definition) is 1. The molecule has 1 unspecified atom stereocenters. The zero-order valence-corrected chi connectivity index (χ0v) is 6.15.